The van der Waals surface area contributed by atoms with Gasteiger partial charge in [-0.1, -0.05) is 6.42 Å². The van der Waals surface area contributed by atoms with Crippen LogP contribution in [0.3, 0.4) is 0 Å². The highest BCUT2D eigenvalue weighted by Crippen LogP contribution is 2.34. The van der Waals surface area contributed by atoms with Gasteiger partial charge in [-0.3, -0.25) is 9.69 Å². The molecule has 2 heterocycles. The highest BCUT2D eigenvalue weighted by Gasteiger charge is 2.28. The lowest BCUT2D eigenvalue weighted by Gasteiger charge is -2.32. The van der Waals surface area contributed by atoms with Crippen LogP contribution < -0.4 is 9.47 Å². The van der Waals surface area contributed by atoms with E-state index >= 15 is 0 Å². The second-order valence-electron chi connectivity index (χ2n) is 6.03. The largest absolute Gasteiger partial charge is 0.493 e. The number of thiazole rings is 1. The zero-order valence-electron chi connectivity index (χ0n) is 14.4. The molecule has 1 fully saturated rings. The number of aliphatic carboxylic acids is 1. The fourth-order valence-corrected chi connectivity index (χ4v) is 3.96. The van der Waals surface area contributed by atoms with Gasteiger partial charge in [-0.2, -0.15) is 0 Å². The number of ether oxygens (including phenoxy) is 2. The molecule has 0 saturated carbocycles. The maximum Gasteiger partial charge on any atom is 0.320 e. The van der Waals surface area contributed by atoms with E-state index in [1.807, 2.05) is 28.5 Å². The predicted molar refractivity (Wildman–Crippen MR) is 96.3 cm³/mol. The van der Waals surface area contributed by atoms with E-state index in [1.54, 1.807) is 25.6 Å². The van der Waals surface area contributed by atoms with Gasteiger partial charge < -0.3 is 14.6 Å². The maximum absolute atomic E-state index is 11.4. The quantitative estimate of drug-likeness (QED) is 0.850. The van der Waals surface area contributed by atoms with Crippen molar-refractivity contribution in [3.63, 3.8) is 0 Å². The van der Waals surface area contributed by atoms with Crippen molar-refractivity contribution >= 4 is 17.3 Å². The molecule has 3 rings (SSSR count). The summed E-state index contributed by atoms with van der Waals surface area (Å²) in [4.78, 5) is 18.1. The van der Waals surface area contributed by atoms with Crippen LogP contribution in [-0.2, 0) is 11.3 Å². The summed E-state index contributed by atoms with van der Waals surface area (Å²) in [7, 11) is 3.22. The van der Waals surface area contributed by atoms with E-state index in [9.17, 15) is 9.90 Å². The maximum atomic E-state index is 11.4. The van der Waals surface area contributed by atoms with E-state index in [-0.39, 0.29) is 0 Å². The third kappa shape index (κ3) is 3.93. The molecule has 0 bridgehead atoms. The molecule has 1 unspecified atom stereocenters. The lowest BCUT2D eigenvalue weighted by atomic mass is 10.0. The molecule has 1 aliphatic rings. The normalized spacial score (nSPS) is 18.1. The number of aromatic nitrogens is 1. The molecule has 0 radical (unpaired) electrons. The molecule has 0 spiro atoms. The van der Waals surface area contributed by atoms with Crippen LogP contribution in [0.1, 0.15) is 25.0 Å². The first-order valence-corrected chi connectivity index (χ1v) is 9.14. The topological polar surface area (TPSA) is 71.9 Å². The Kier molecular flexibility index (Phi) is 5.55. The first-order valence-electron chi connectivity index (χ1n) is 8.26. The summed E-state index contributed by atoms with van der Waals surface area (Å²) in [6.45, 7) is 1.38. The molecule has 2 aromatic rings. The highest BCUT2D eigenvalue weighted by atomic mass is 32.1. The smallest absolute Gasteiger partial charge is 0.320 e. The molecule has 7 heteroatoms. The Balaban J connectivity index is 1.77. The Morgan fingerprint density at radius 1 is 1.32 bits per heavy atom. The summed E-state index contributed by atoms with van der Waals surface area (Å²) in [5.41, 5.74) is 1.87. The average molecular weight is 362 g/mol. The minimum Gasteiger partial charge on any atom is -0.493 e. The molecule has 0 aliphatic carbocycles. The number of hydrogen-bond acceptors (Lipinski definition) is 6. The van der Waals surface area contributed by atoms with Gasteiger partial charge in [0.1, 0.15) is 11.0 Å². The van der Waals surface area contributed by atoms with Crippen molar-refractivity contribution in [2.24, 2.45) is 0 Å². The van der Waals surface area contributed by atoms with E-state index in [2.05, 4.69) is 4.98 Å². The molecule has 1 atom stereocenters. The Morgan fingerprint density at radius 3 is 2.84 bits per heavy atom. The van der Waals surface area contributed by atoms with Gasteiger partial charge in [0.15, 0.2) is 11.5 Å². The summed E-state index contributed by atoms with van der Waals surface area (Å²) in [6, 6.07) is 5.31. The van der Waals surface area contributed by atoms with Crippen LogP contribution in [-0.4, -0.2) is 47.8 Å². The van der Waals surface area contributed by atoms with E-state index in [0.29, 0.717) is 24.5 Å². The van der Waals surface area contributed by atoms with Gasteiger partial charge in [-0.05, 0) is 37.6 Å². The predicted octanol–water partition coefficient (Wildman–Crippen LogP) is 3.27. The van der Waals surface area contributed by atoms with E-state index in [4.69, 9.17) is 9.47 Å². The van der Waals surface area contributed by atoms with Crippen LogP contribution in [0.4, 0.5) is 0 Å². The van der Waals surface area contributed by atoms with Crippen molar-refractivity contribution in [3.05, 3.63) is 29.3 Å². The van der Waals surface area contributed by atoms with Crippen LogP contribution in [0.25, 0.3) is 10.6 Å². The van der Waals surface area contributed by atoms with Gasteiger partial charge in [-0.15, -0.1) is 11.3 Å². The van der Waals surface area contributed by atoms with Crippen LogP contribution in [0.2, 0.25) is 0 Å². The number of benzene rings is 1. The number of piperidine rings is 1. The number of methoxy groups -OCH3 is 2. The third-order valence-electron chi connectivity index (χ3n) is 4.45. The standard InChI is InChI=1S/C18H22N2O4S/c1-23-15-7-6-12(9-16(15)24-2)17-19-13(11-25-17)10-20-8-4-3-5-14(20)18(21)22/h6-7,9,11,14H,3-5,8,10H2,1-2H3,(H,21,22). The van der Waals surface area contributed by atoms with Gasteiger partial charge in [0.25, 0.3) is 0 Å². The highest BCUT2D eigenvalue weighted by molar-refractivity contribution is 7.13. The van der Waals surface area contributed by atoms with E-state index in [1.165, 1.54) is 0 Å². The number of nitrogens with zero attached hydrogens (tertiary/aromatic N) is 2. The molecule has 1 N–H and O–H groups in total. The van der Waals surface area contributed by atoms with Crippen molar-refractivity contribution in [3.8, 4) is 22.1 Å². The monoisotopic (exact) mass is 362 g/mol. The first-order chi connectivity index (χ1) is 12.1. The summed E-state index contributed by atoms with van der Waals surface area (Å²) in [5, 5.41) is 12.3. The minimum absolute atomic E-state index is 0.403. The van der Waals surface area contributed by atoms with E-state index < -0.39 is 12.0 Å². The van der Waals surface area contributed by atoms with Crippen LogP contribution in [0.15, 0.2) is 23.6 Å². The molecule has 6 nitrogen and oxygen atoms in total. The molecule has 0 amide bonds. The number of carboxylic acid groups (broad SMARTS) is 1. The van der Waals surface area contributed by atoms with Gasteiger partial charge in [0, 0.05) is 17.5 Å². The molecule has 1 aromatic carbocycles. The zero-order chi connectivity index (χ0) is 17.8. The molecule has 25 heavy (non-hydrogen) atoms. The van der Waals surface area contributed by atoms with Crippen molar-refractivity contribution in [1.29, 1.82) is 0 Å². The molecular weight excluding hydrogens is 340 g/mol. The van der Waals surface area contributed by atoms with Crippen molar-refractivity contribution in [2.75, 3.05) is 20.8 Å². The van der Waals surface area contributed by atoms with Crippen LogP contribution >= 0.6 is 11.3 Å². The molecule has 134 valence electrons. The van der Waals surface area contributed by atoms with Gasteiger partial charge in [-0.25, -0.2) is 4.98 Å². The molecule has 1 saturated heterocycles. The zero-order valence-corrected chi connectivity index (χ0v) is 15.2. The average Bonchev–Trinajstić information content (AvgIpc) is 3.10. The summed E-state index contributed by atoms with van der Waals surface area (Å²) in [5.74, 6) is 0.606. The summed E-state index contributed by atoms with van der Waals surface area (Å²) >= 11 is 1.55. The number of carboxylic acids is 1. The molecule has 1 aromatic heterocycles. The summed E-state index contributed by atoms with van der Waals surface area (Å²) < 4.78 is 10.6. The third-order valence-corrected chi connectivity index (χ3v) is 5.39. The number of carbonyl (C=O) groups is 1. The summed E-state index contributed by atoms with van der Waals surface area (Å²) in [6.07, 6.45) is 2.72. The Labute approximate surface area is 151 Å². The first kappa shape index (κ1) is 17.7. The Morgan fingerprint density at radius 2 is 2.12 bits per heavy atom. The van der Waals surface area contributed by atoms with Gasteiger partial charge >= 0.3 is 5.97 Å². The SMILES string of the molecule is COc1ccc(-c2nc(CN3CCCCC3C(=O)O)cs2)cc1OC. The lowest BCUT2D eigenvalue weighted by Crippen LogP contribution is -2.44. The van der Waals surface area contributed by atoms with Crippen molar-refractivity contribution in [2.45, 2.75) is 31.8 Å². The van der Waals surface area contributed by atoms with Crippen molar-refractivity contribution in [1.82, 2.24) is 9.88 Å². The fourth-order valence-electron chi connectivity index (χ4n) is 3.15. The second-order valence-corrected chi connectivity index (χ2v) is 6.89. The molecular formula is C18H22N2O4S. The van der Waals surface area contributed by atoms with Crippen molar-refractivity contribution < 1.29 is 19.4 Å². The number of hydrogen-bond donors (Lipinski definition) is 1. The lowest BCUT2D eigenvalue weighted by molar-refractivity contribution is -0.144. The van der Waals surface area contributed by atoms with Crippen LogP contribution in [0, 0.1) is 0 Å². The Hall–Kier alpha value is -2.12. The van der Waals surface area contributed by atoms with Gasteiger partial charge in [0.05, 0.1) is 19.9 Å². The van der Waals surface area contributed by atoms with E-state index in [0.717, 1.165) is 35.7 Å². The van der Waals surface area contributed by atoms with Crippen LogP contribution in [0.5, 0.6) is 11.5 Å². The second kappa shape index (κ2) is 7.84. The fraction of sp³-hybridized carbons (Fsp3) is 0.444. The minimum atomic E-state index is -0.741. The van der Waals surface area contributed by atoms with Gasteiger partial charge in [0.2, 0.25) is 0 Å². The number of rotatable bonds is 6. The number of likely N-dealkylation sites (tertiary alicyclic amines) is 1. The molecule has 1 aliphatic heterocycles. The Bertz CT molecular complexity index is 746.